The van der Waals surface area contributed by atoms with Gasteiger partial charge in [0, 0.05) is 0 Å². The van der Waals surface area contributed by atoms with Crippen LogP contribution in [-0.4, -0.2) is 28.0 Å². The molecule has 0 aromatic rings. The van der Waals surface area contributed by atoms with E-state index in [0.29, 0.717) is 12.8 Å². The minimum Gasteiger partial charge on any atom is -0.481 e. The molecule has 0 aromatic carbocycles. The van der Waals surface area contributed by atoms with Gasteiger partial charge in [0.05, 0.1) is 5.41 Å². The van der Waals surface area contributed by atoms with Crippen LogP contribution < -0.4 is 0 Å². The number of hydrogen-bond donors (Lipinski definition) is 2. The van der Waals surface area contributed by atoms with Gasteiger partial charge in [0.25, 0.3) is 0 Å². The van der Waals surface area contributed by atoms with E-state index in [-0.39, 0.29) is 19.3 Å². The van der Waals surface area contributed by atoms with Crippen molar-refractivity contribution < 1.29 is 28.2 Å². The van der Waals surface area contributed by atoms with Gasteiger partial charge in [-0.1, -0.05) is 12.8 Å². The third-order valence-corrected chi connectivity index (χ3v) is 3.86. The number of carbonyl (C=O) groups is 1. The molecule has 2 N–H and O–H groups in total. The molecule has 0 heterocycles. The average Bonchev–Trinajstić information content (AvgIpc) is 2.19. The van der Waals surface area contributed by atoms with E-state index in [9.17, 15) is 23.1 Å². The van der Waals surface area contributed by atoms with Crippen molar-refractivity contribution in [3.8, 4) is 0 Å². The zero-order chi connectivity index (χ0) is 14.2. The van der Waals surface area contributed by atoms with E-state index in [1.165, 1.54) is 13.8 Å². The first-order valence-electron chi connectivity index (χ1n) is 6.03. The second-order valence-electron chi connectivity index (χ2n) is 5.76. The summed E-state index contributed by atoms with van der Waals surface area (Å²) < 4.78 is 38.9. The number of carboxylic acid groups (broad SMARTS) is 1. The average molecular weight is 268 g/mol. The van der Waals surface area contributed by atoms with Crippen LogP contribution in [0, 0.1) is 11.3 Å². The van der Waals surface area contributed by atoms with E-state index in [0.717, 1.165) is 0 Å². The van der Waals surface area contributed by atoms with Crippen molar-refractivity contribution in [3.63, 3.8) is 0 Å². The first kappa shape index (κ1) is 15.3. The van der Waals surface area contributed by atoms with Crippen LogP contribution in [0.3, 0.4) is 0 Å². The lowest BCUT2D eigenvalue weighted by Gasteiger charge is -2.43. The molecular weight excluding hydrogens is 249 g/mol. The van der Waals surface area contributed by atoms with E-state index in [2.05, 4.69) is 0 Å². The van der Waals surface area contributed by atoms with Gasteiger partial charge in [-0.15, -0.1) is 0 Å². The molecule has 1 fully saturated rings. The normalized spacial score (nSPS) is 30.2. The van der Waals surface area contributed by atoms with Gasteiger partial charge in [-0.05, 0) is 39.0 Å². The minimum absolute atomic E-state index is 0.168. The quantitative estimate of drug-likeness (QED) is 0.827. The maximum absolute atomic E-state index is 13.0. The second-order valence-corrected chi connectivity index (χ2v) is 5.76. The number of carboxylic acids is 1. The molecule has 2 unspecified atom stereocenters. The predicted molar refractivity (Wildman–Crippen MR) is 59.0 cm³/mol. The zero-order valence-electron chi connectivity index (χ0n) is 10.5. The largest absolute Gasteiger partial charge is 0.481 e. The van der Waals surface area contributed by atoms with E-state index < -0.39 is 29.1 Å². The predicted octanol–water partition coefficient (Wildman–Crippen LogP) is 2.97. The van der Waals surface area contributed by atoms with Crippen molar-refractivity contribution in [1.82, 2.24) is 0 Å². The van der Waals surface area contributed by atoms with Crippen molar-refractivity contribution in [2.45, 2.75) is 57.7 Å². The highest BCUT2D eigenvalue weighted by molar-refractivity contribution is 5.73. The summed E-state index contributed by atoms with van der Waals surface area (Å²) in [5, 5.41) is 18.9. The van der Waals surface area contributed by atoms with E-state index in [1.807, 2.05) is 0 Å². The molecular formula is C12H19F3O3. The third-order valence-electron chi connectivity index (χ3n) is 3.86. The topological polar surface area (TPSA) is 57.5 Å². The number of aliphatic carboxylic acids is 1. The highest BCUT2D eigenvalue weighted by Crippen LogP contribution is 2.48. The van der Waals surface area contributed by atoms with Crippen LogP contribution in [0.4, 0.5) is 13.2 Å². The molecule has 6 heteroatoms. The number of halogens is 3. The molecule has 0 saturated heterocycles. The molecule has 0 spiro atoms. The maximum atomic E-state index is 13.0. The summed E-state index contributed by atoms with van der Waals surface area (Å²) in [6.45, 7) is 2.78. The highest BCUT2D eigenvalue weighted by atomic mass is 19.4. The van der Waals surface area contributed by atoms with Crippen LogP contribution in [0.5, 0.6) is 0 Å². The molecule has 106 valence electrons. The lowest BCUT2D eigenvalue weighted by Crippen LogP contribution is -2.54. The Balaban J connectivity index is 2.94. The molecule has 1 aliphatic carbocycles. The van der Waals surface area contributed by atoms with Gasteiger partial charge in [-0.25, -0.2) is 0 Å². The molecule has 0 aliphatic heterocycles. The summed E-state index contributed by atoms with van der Waals surface area (Å²) in [6.07, 6.45) is -4.08. The van der Waals surface area contributed by atoms with Crippen molar-refractivity contribution in [2.75, 3.05) is 0 Å². The molecule has 18 heavy (non-hydrogen) atoms. The fraction of sp³-hybridized carbons (Fsp3) is 0.917. The standard InChI is InChI=1S/C12H19F3O3/c1-10(2,9(16)17)7-8-5-3-4-6-11(8,18)12(13,14)15/h8,18H,3-7H2,1-2H3,(H,16,17). The summed E-state index contributed by atoms with van der Waals surface area (Å²) in [4.78, 5) is 11.0. The van der Waals surface area contributed by atoms with Crippen molar-refractivity contribution in [2.24, 2.45) is 11.3 Å². The van der Waals surface area contributed by atoms with Crippen molar-refractivity contribution >= 4 is 5.97 Å². The number of rotatable bonds is 3. The monoisotopic (exact) mass is 268 g/mol. The van der Waals surface area contributed by atoms with Gasteiger partial charge >= 0.3 is 12.1 Å². The Labute approximate surface area is 104 Å². The summed E-state index contributed by atoms with van der Waals surface area (Å²) in [5.74, 6) is -2.19. The van der Waals surface area contributed by atoms with Crippen LogP contribution in [0.25, 0.3) is 0 Å². The molecule has 0 amide bonds. The SMILES string of the molecule is CC(C)(CC1CCCCC1(O)C(F)(F)F)C(=O)O. The maximum Gasteiger partial charge on any atom is 0.417 e. The summed E-state index contributed by atoms with van der Waals surface area (Å²) in [6, 6.07) is 0. The third kappa shape index (κ3) is 2.79. The molecule has 0 radical (unpaired) electrons. The fourth-order valence-electron chi connectivity index (χ4n) is 2.58. The van der Waals surface area contributed by atoms with Gasteiger partial charge in [0.2, 0.25) is 0 Å². The van der Waals surface area contributed by atoms with Gasteiger partial charge in [0.15, 0.2) is 5.60 Å². The van der Waals surface area contributed by atoms with E-state index in [1.54, 1.807) is 0 Å². The van der Waals surface area contributed by atoms with Crippen LogP contribution >= 0.6 is 0 Å². The van der Waals surface area contributed by atoms with Crippen LogP contribution in [0.2, 0.25) is 0 Å². The lowest BCUT2D eigenvalue weighted by atomic mass is 9.68. The molecule has 1 aliphatic rings. The molecule has 0 bridgehead atoms. The van der Waals surface area contributed by atoms with Gasteiger partial charge in [0.1, 0.15) is 0 Å². The molecule has 3 nitrogen and oxygen atoms in total. The second kappa shape index (κ2) is 4.72. The van der Waals surface area contributed by atoms with E-state index in [4.69, 9.17) is 5.11 Å². The summed E-state index contributed by atoms with van der Waals surface area (Å²) in [7, 11) is 0. The number of hydrogen-bond acceptors (Lipinski definition) is 2. The summed E-state index contributed by atoms with van der Waals surface area (Å²) in [5.41, 5.74) is -4.00. The van der Waals surface area contributed by atoms with Crippen LogP contribution in [0.1, 0.15) is 46.0 Å². The fourth-order valence-corrected chi connectivity index (χ4v) is 2.58. The Morgan fingerprint density at radius 2 is 1.89 bits per heavy atom. The van der Waals surface area contributed by atoms with Gasteiger partial charge < -0.3 is 10.2 Å². The van der Waals surface area contributed by atoms with Crippen molar-refractivity contribution in [3.05, 3.63) is 0 Å². The van der Waals surface area contributed by atoms with Gasteiger partial charge in [-0.2, -0.15) is 13.2 Å². The number of alkyl halides is 3. The Morgan fingerprint density at radius 1 is 1.33 bits per heavy atom. The smallest absolute Gasteiger partial charge is 0.417 e. The molecule has 2 atom stereocenters. The zero-order valence-corrected chi connectivity index (χ0v) is 10.5. The lowest BCUT2D eigenvalue weighted by molar-refractivity contribution is -0.291. The highest BCUT2D eigenvalue weighted by Gasteiger charge is 2.59. The molecule has 1 saturated carbocycles. The van der Waals surface area contributed by atoms with Crippen molar-refractivity contribution in [1.29, 1.82) is 0 Å². The minimum atomic E-state index is -4.70. The molecule has 0 aromatic heterocycles. The van der Waals surface area contributed by atoms with Crippen LogP contribution in [0.15, 0.2) is 0 Å². The summed E-state index contributed by atoms with van der Waals surface area (Å²) >= 11 is 0. The Hall–Kier alpha value is -0.780. The first-order chi connectivity index (χ1) is 8.01. The van der Waals surface area contributed by atoms with Gasteiger partial charge in [-0.3, -0.25) is 4.79 Å². The molecule has 1 rings (SSSR count). The van der Waals surface area contributed by atoms with Crippen LogP contribution in [-0.2, 0) is 4.79 Å². The van der Waals surface area contributed by atoms with E-state index >= 15 is 0 Å². The number of aliphatic hydroxyl groups is 1. The Bertz CT molecular complexity index is 325. The Kier molecular flexibility index (Phi) is 4.00. The Morgan fingerprint density at radius 3 is 2.33 bits per heavy atom. The first-order valence-corrected chi connectivity index (χ1v) is 6.03.